The van der Waals surface area contributed by atoms with Crippen LogP contribution in [-0.4, -0.2) is 26.6 Å². The standard InChI is InChI=1S/C20H26N2O3S/c1-5-17-11-13-18(14-12-17)15(2)21-20(23)16(3)22(26(4,24)25)19-9-7-6-8-10-19/h6-16H,5H2,1-4H3,(H,21,23)/t15-,16+/m1/s1. The van der Waals surface area contributed by atoms with Crippen molar-refractivity contribution in [2.45, 2.75) is 39.3 Å². The highest BCUT2D eigenvalue weighted by Crippen LogP contribution is 2.21. The van der Waals surface area contributed by atoms with Gasteiger partial charge in [-0.3, -0.25) is 9.10 Å². The molecule has 1 amide bonds. The highest BCUT2D eigenvalue weighted by atomic mass is 32.2. The first kappa shape index (κ1) is 20.0. The summed E-state index contributed by atoms with van der Waals surface area (Å²) in [6, 6.07) is 15.6. The summed E-state index contributed by atoms with van der Waals surface area (Å²) < 4.78 is 25.6. The minimum atomic E-state index is -3.60. The van der Waals surface area contributed by atoms with Gasteiger partial charge in [0.25, 0.3) is 0 Å². The molecule has 0 saturated heterocycles. The lowest BCUT2D eigenvalue weighted by atomic mass is 10.0. The molecule has 5 nitrogen and oxygen atoms in total. The zero-order chi connectivity index (χ0) is 19.3. The van der Waals surface area contributed by atoms with E-state index in [1.165, 1.54) is 5.56 Å². The molecule has 26 heavy (non-hydrogen) atoms. The van der Waals surface area contributed by atoms with Gasteiger partial charge in [0.2, 0.25) is 15.9 Å². The molecule has 0 fully saturated rings. The van der Waals surface area contributed by atoms with Gasteiger partial charge in [0, 0.05) is 0 Å². The molecule has 0 aromatic heterocycles. The van der Waals surface area contributed by atoms with E-state index in [-0.39, 0.29) is 11.9 Å². The number of hydrogen-bond acceptors (Lipinski definition) is 3. The van der Waals surface area contributed by atoms with E-state index in [1.54, 1.807) is 37.3 Å². The van der Waals surface area contributed by atoms with Crippen molar-refractivity contribution in [3.8, 4) is 0 Å². The topological polar surface area (TPSA) is 66.5 Å². The lowest BCUT2D eigenvalue weighted by Gasteiger charge is -2.29. The van der Waals surface area contributed by atoms with Crippen molar-refractivity contribution in [1.82, 2.24) is 5.32 Å². The largest absolute Gasteiger partial charge is 0.348 e. The molecule has 0 saturated carbocycles. The van der Waals surface area contributed by atoms with Crippen LogP contribution in [0.4, 0.5) is 5.69 Å². The van der Waals surface area contributed by atoms with Gasteiger partial charge in [-0.2, -0.15) is 0 Å². The van der Waals surface area contributed by atoms with E-state index in [1.807, 2.05) is 31.2 Å². The summed E-state index contributed by atoms with van der Waals surface area (Å²) >= 11 is 0. The number of amides is 1. The lowest BCUT2D eigenvalue weighted by molar-refractivity contribution is -0.122. The zero-order valence-corrected chi connectivity index (χ0v) is 16.5. The van der Waals surface area contributed by atoms with Gasteiger partial charge in [0.1, 0.15) is 6.04 Å². The molecule has 0 heterocycles. The van der Waals surface area contributed by atoms with Crippen LogP contribution in [0.25, 0.3) is 0 Å². The number of aryl methyl sites for hydroxylation is 1. The molecule has 0 bridgehead atoms. The number of para-hydroxylation sites is 1. The number of carbonyl (C=O) groups is 1. The van der Waals surface area contributed by atoms with Crippen LogP contribution >= 0.6 is 0 Å². The highest BCUT2D eigenvalue weighted by molar-refractivity contribution is 7.92. The van der Waals surface area contributed by atoms with Crippen LogP contribution in [0.5, 0.6) is 0 Å². The Morgan fingerprint density at radius 2 is 1.62 bits per heavy atom. The number of hydrogen-bond donors (Lipinski definition) is 1. The summed E-state index contributed by atoms with van der Waals surface area (Å²) in [4.78, 5) is 12.7. The minimum Gasteiger partial charge on any atom is -0.348 e. The average Bonchev–Trinajstić information content (AvgIpc) is 2.61. The van der Waals surface area contributed by atoms with Gasteiger partial charge in [0.05, 0.1) is 18.0 Å². The second-order valence-electron chi connectivity index (χ2n) is 6.40. The maximum absolute atomic E-state index is 12.7. The summed E-state index contributed by atoms with van der Waals surface area (Å²) in [6.45, 7) is 5.57. The van der Waals surface area contributed by atoms with E-state index in [9.17, 15) is 13.2 Å². The van der Waals surface area contributed by atoms with Gasteiger partial charge in [-0.05, 0) is 43.5 Å². The number of benzene rings is 2. The van der Waals surface area contributed by atoms with Gasteiger partial charge in [-0.25, -0.2) is 8.42 Å². The molecule has 1 N–H and O–H groups in total. The van der Waals surface area contributed by atoms with Crippen molar-refractivity contribution < 1.29 is 13.2 Å². The average molecular weight is 375 g/mol. The van der Waals surface area contributed by atoms with Crippen LogP contribution in [0.1, 0.15) is 37.9 Å². The molecular weight excluding hydrogens is 348 g/mol. The maximum Gasteiger partial charge on any atom is 0.244 e. The number of sulfonamides is 1. The molecule has 0 aliphatic heterocycles. The van der Waals surface area contributed by atoms with Crippen molar-refractivity contribution >= 4 is 21.6 Å². The first-order valence-corrected chi connectivity index (χ1v) is 10.5. The Hall–Kier alpha value is -2.34. The summed E-state index contributed by atoms with van der Waals surface area (Å²) in [5.74, 6) is -0.341. The van der Waals surface area contributed by atoms with Crippen LogP contribution in [-0.2, 0) is 21.2 Å². The number of nitrogens with one attached hydrogen (secondary N) is 1. The number of anilines is 1. The molecule has 140 valence electrons. The van der Waals surface area contributed by atoms with Gasteiger partial charge in [-0.15, -0.1) is 0 Å². The molecular formula is C20H26N2O3S. The maximum atomic E-state index is 12.7. The molecule has 2 atom stereocenters. The van der Waals surface area contributed by atoms with E-state index >= 15 is 0 Å². The van der Waals surface area contributed by atoms with Crippen molar-refractivity contribution in [3.63, 3.8) is 0 Å². The van der Waals surface area contributed by atoms with Crippen molar-refractivity contribution in [2.75, 3.05) is 10.6 Å². The third-order valence-corrected chi connectivity index (χ3v) is 5.59. The predicted octanol–water partition coefficient (Wildman–Crippen LogP) is 3.28. The fraction of sp³-hybridized carbons (Fsp3) is 0.350. The Balaban J connectivity index is 2.18. The molecule has 0 radical (unpaired) electrons. The second-order valence-corrected chi connectivity index (χ2v) is 8.26. The van der Waals surface area contributed by atoms with E-state index in [2.05, 4.69) is 12.2 Å². The molecule has 2 aromatic carbocycles. The number of rotatable bonds is 7. The summed E-state index contributed by atoms with van der Waals surface area (Å²) in [5, 5.41) is 2.91. The molecule has 0 aliphatic carbocycles. The predicted molar refractivity (Wildman–Crippen MR) is 106 cm³/mol. The number of carbonyl (C=O) groups excluding carboxylic acids is 1. The molecule has 6 heteroatoms. The van der Waals surface area contributed by atoms with Gasteiger partial charge in [-0.1, -0.05) is 49.4 Å². The molecule has 0 aliphatic rings. The fourth-order valence-corrected chi connectivity index (χ4v) is 4.02. The molecule has 0 spiro atoms. The summed E-state index contributed by atoms with van der Waals surface area (Å²) in [7, 11) is -3.60. The van der Waals surface area contributed by atoms with E-state index in [0.717, 1.165) is 22.5 Å². The highest BCUT2D eigenvalue weighted by Gasteiger charge is 2.29. The second kappa shape index (κ2) is 8.36. The molecule has 2 rings (SSSR count). The summed E-state index contributed by atoms with van der Waals surface area (Å²) in [6.07, 6.45) is 2.06. The molecule has 2 aromatic rings. The quantitative estimate of drug-likeness (QED) is 0.809. The third kappa shape index (κ3) is 4.85. The first-order chi connectivity index (χ1) is 12.2. The van der Waals surface area contributed by atoms with E-state index < -0.39 is 16.1 Å². The van der Waals surface area contributed by atoms with E-state index in [0.29, 0.717) is 5.69 Å². The smallest absolute Gasteiger partial charge is 0.244 e. The summed E-state index contributed by atoms with van der Waals surface area (Å²) in [5.41, 5.74) is 2.68. The normalized spacial score (nSPS) is 13.7. The van der Waals surface area contributed by atoms with Crippen LogP contribution in [0.2, 0.25) is 0 Å². The Bertz CT molecular complexity index is 833. The van der Waals surface area contributed by atoms with Crippen molar-refractivity contribution in [3.05, 3.63) is 65.7 Å². The Morgan fingerprint density at radius 1 is 1.04 bits per heavy atom. The lowest BCUT2D eigenvalue weighted by Crippen LogP contribution is -2.48. The zero-order valence-electron chi connectivity index (χ0n) is 15.6. The van der Waals surface area contributed by atoms with Crippen LogP contribution < -0.4 is 9.62 Å². The first-order valence-electron chi connectivity index (χ1n) is 8.67. The van der Waals surface area contributed by atoms with Crippen molar-refractivity contribution in [1.29, 1.82) is 0 Å². The third-order valence-electron chi connectivity index (χ3n) is 4.35. The van der Waals surface area contributed by atoms with Gasteiger partial charge >= 0.3 is 0 Å². The van der Waals surface area contributed by atoms with Gasteiger partial charge < -0.3 is 5.32 Å². The number of nitrogens with zero attached hydrogens (tertiary/aromatic N) is 1. The van der Waals surface area contributed by atoms with Gasteiger partial charge in [0.15, 0.2) is 0 Å². The van der Waals surface area contributed by atoms with Crippen LogP contribution in [0.15, 0.2) is 54.6 Å². The monoisotopic (exact) mass is 374 g/mol. The van der Waals surface area contributed by atoms with Crippen LogP contribution in [0.3, 0.4) is 0 Å². The SMILES string of the molecule is CCc1ccc([C@@H](C)NC(=O)[C@H](C)N(c2ccccc2)S(C)(=O)=O)cc1. The Morgan fingerprint density at radius 3 is 2.12 bits per heavy atom. The van der Waals surface area contributed by atoms with E-state index in [4.69, 9.17) is 0 Å². The fourth-order valence-electron chi connectivity index (χ4n) is 2.84. The Kier molecular flexibility index (Phi) is 6.42. The molecule has 0 unspecified atom stereocenters. The van der Waals surface area contributed by atoms with Crippen LogP contribution in [0, 0.1) is 0 Å². The van der Waals surface area contributed by atoms with Crippen molar-refractivity contribution in [2.24, 2.45) is 0 Å². The Labute approximate surface area is 156 Å². The minimum absolute atomic E-state index is 0.215.